The maximum Gasteiger partial charge on any atom is 0.152 e. The van der Waals surface area contributed by atoms with Crippen molar-refractivity contribution in [3.05, 3.63) is 46.5 Å². The van der Waals surface area contributed by atoms with E-state index in [9.17, 15) is 4.79 Å². The second-order valence-corrected chi connectivity index (χ2v) is 3.99. The molecule has 4 heteroatoms. The maximum absolute atomic E-state index is 11.0. The molecule has 0 unspecified atom stereocenters. The molecule has 2 rings (SSSR count). The van der Waals surface area contributed by atoms with E-state index in [-0.39, 0.29) is 0 Å². The van der Waals surface area contributed by atoms with Crippen LogP contribution in [0.3, 0.4) is 0 Å². The lowest BCUT2D eigenvalue weighted by atomic mass is 10.2. The smallest absolute Gasteiger partial charge is 0.152 e. The van der Waals surface area contributed by atoms with E-state index in [4.69, 9.17) is 11.6 Å². The van der Waals surface area contributed by atoms with E-state index in [1.807, 2.05) is 18.4 Å². The van der Waals surface area contributed by atoms with E-state index in [2.05, 4.69) is 4.98 Å². The largest absolute Gasteiger partial charge is 0.301 e. The van der Waals surface area contributed by atoms with Crippen LogP contribution in [0, 0.1) is 13.8 Å². The van der Waals surface area contributed by atoms with Crippen LogP contribution in [0.1, 0.15) is 21.7 Å². The number of aromatic nitrogens is 2. The lowest BCUT2D eigenvalue weighted by molar-refractivity contribution is 0.112. The second kappa shape index (κ2) is 4.10. The number of hydrogen-bond acceptors (Lipinski definition) is 2. The van der Waals surface area contributed by atoms with Crippen LogP contribution in [-0.2, 0) is 0 Å². The van der Waals surface area contributed by atoms with E-state index in [1.54, 1.807) is 24.5 Å². The second-order valence-electron chi connectivity index (χ2n) is 3.58. The monoisotopic (exact) mass is 234 g/mol. The number of hydrogen-bond donors (Lipinski definition) is 0. The van der Waals surface area contributed by atoms with Crippen molar-refractivity contribution in [1.82, 2.24) is 9.55 Å². The quantitative estimate of drug-likeness (QED) is 0.749. The van der Waals surface area contributed by atoms with Gasteiger partial charge in [0.15, 0.2) is 6.29 Å². The minimum atomic E-state index is 0.546. The Hall–Kier alpha value is -1.61. The van der Waals surface area contributed by atoms with Crippen LogP contribution in [-0.4, -0.2) is 15.8 Å². The number of carbonyl (C=O) groups excluding carboxylic acids is 1. The first-order valence-corrected chi connectivity index (χ1v) is 5.27. The Morgan fingerprint density at radius 3 is 2.69 bits per heavy atom. The summed E-state index contributed by atoms with van der Waals surface area (Å²) in [6.07, 6.45) is 2.48. The van der Waals surface area contributed by atoms with Gasteiger partial charge in [-0.25, -0.2) is 4.98 Å². The minimum absolute atomic E-state index is 0.546. The topological polar surface area (TPSA) is 34.9 Å². The van der Waals surface area contributed by atoms with Crippen LogP contribution in [0.25, 0.3) is 5.69 Å². The molecule has 1 aromatic heterocycles. The molecule has 0 aliphatic rings. The Morgan fingerprint density at radius 2 is 2.12 bits per heavy atom. The first kappa shape index (κ1) is 10.9. The predicted octanol–water partition coefficient (Wildman–Crippen LogP) is 2.96. The van der Waals surface area contributed by atoms with Crippen molar-refractivity contribution >= 4 is 17.9 Å². The molecule has 0 saturated carbocycles. The fraction of sp³-hybridized carbons (Fsp3) is 0.167. The number of benzene rings is 1. The van der Waals surface area contributed by atoms with Crippen molar-refractivity contribution < 1.29 is 4.79 Å². The van der Waals surface area contributed by atoms with Crippen molar-refractivity contribution in [2.75, 3.05) is 0 Å². The molecule has 0 bridgehead atoms. The number of imidazole rings is 1. The SMILES string of the molecule is Cc1ncn(-c2c(Cl)cccc2C=O)c1C. The van der Waals surface area contributed by atoms with Crippen LogP contribution in [0.2, 0.25) is 5.02 Å². The molecule has 1 aromatic carbocycles. The van der Waals surface area contributed by atoms with Gasteiger partial charge in [-0.3, -0.25) is 4.79 Å². The zero-order valence-electron chi connectivity index (χ0n) is 9.07. The van der Waals surface area contributed by atoms with Gasteiger partial charge >= 0.3 is 0 Å². The van der Waals surface area contributed by atoms with Crippen LogP contribution in [0.5, 0.6) is 0 Å². The summed E-state index contributed by atoms with van der Waals surface area (Å²) in [5.41, 5.74) is 3.17. The number of aryl methyl sites for hydroxylation is 1. The fourth-order valence-electron chi connectivity index (χ4n) is 1.61. The summed E-state index contributed by atoms with van der Waals surface area (Å²) in [6.45, 7) is 3.86. The third-order valence-corrected chi connectivity index (χ3v) is 2.94. The lowest BCUT2D eigenvalue weighted by Crippen LogP contribution is -2.01. The molecular weight excluding hydrogens is 224 g/mol. The first-order chi connectivity index (χ1) is 7.65. The van der Waals surface area contributed by atoms with Gasteiger partial charge in [0.25, 0.3) is 0 Å². The third kappa shape index (κ3) is 1.63. The Kier molecular flexibility index (Phi) is 2.79. The molecule has 0 amide bonds. The zero-order chi connectivity index (χ0) is 11.7. The number of carbonyl (C=O) groups is 1. The average Bonchev–Trinajstić information content (AvgIpc) is 2.60. The first-order valence-electron chi connectivity index (χ1n) is 4.89. The van der Waals surface area contributed by atoms with Gasteiger partial charge in [-0.05, 0) is 26.0 Å². The van der Waals surface area contributed by atoms with Gasteiger partial charge in [-0.15, -0.1) is 0 Å². The van der Waals surface area contributed by atoms with Gasteiger partial charge in [0.1, 0.15) is 0 Å². The number of aldehydes is 1. The van der Waals surface area contributed by atoms with Crippen molar-refractivity contribution in [3.63, 3.8) is 0 Å². The van der Waals surface area contributed by atoms with Crippen LogP contribution in [0.15, 0.2) is 24.5 Å². The Balaban J connectivity index is 2.72. The molecule has 2 aromatic rings. The van der Waals surface area contributed by atoms with Gasteiger partial charge in [-0.1, -0.05) is 17.7 Å². The molecular formula is C12H11ClN2O. The average molecular weight is 235 g/mol. The van der Waals surface area contributed by atoms with Crippen molar-refractivity contribution in [3.8, 4) is 5.69 Å². The lowest BCUT2D eigenvalue weighted by Gasteiger charge is -2.10. The van der Waals surface area contributed by atoms with Crippen LogP contribution >= 0.6 is 11.6 Å². The summed E-state index contributed by atoms with van der Waals surface area (Å²) in [5, 5.41) is 0.546. The van der Waals surface area contributed by atoms with E-state index in [1.165, 1.54) is 0 Å². The van der Waals surface area contributed by atoms with Crippen LogP contribution < -0.4 is 0 Å². The summed E-state index contributed by atoms with van der Waals surface area (Å²) in [6, 6.07) is 5.26. The van der Waals surface area contributed by atoms with Crippen molar-refractivity contribution in [2.24, 2.45) is 0 Å². The number of para-hydroxylation sites is 1. The van der Waals surface area contributed by atoms with E-state index in [0.29, 0.717) is 16.3 Å². The predicted molar refractivity (Wildman–Crippen MR) is 63.4 cm³/mol. The standard InChI is InChI=1S/C12H11ClN2O/c1-8-9(2)15(7-14-8)12-10(6-16)4-3-5-11(12)13/h3-7H,1-2H3. The Bertz CT molecular complexity index is 546. The van der Waals surface area contributed by atoms with Gasteiger partial charge in [0.2, 0.25) is 0 Å². The highest BCUT2D eigenvalue weighted by Crippen LogP contribution is 2.25. The molecule has 1 heterocycles. The molecule has 0 spiro atoms. The van der Waals surface area contributed by atoms with Gasteiger partial charge < -0.3 is 4.57 Å². The summed E-state index contributed by atoms with van der Waals surface area (Å²) in [4.78, 5) is 15.2. The minimum Gasteiger partial charge on any atom is -0.301 e. The van der Waals surface area contributed by atoms with Gasteiger partial charge in [0, 0.05) is 11.3 Å². The molecule has 0 atom stereocenters. The summed E-state index contributed by atoms with van der Waals surface area (Å²) in [5.74, 6) is 0. The third-order valence-electron chi connectivity index (χ3n) is 2.64. The van der Waals surface area contributed by atoms with E-state index in [0.717, 1.165) is 17.7 Å². The summed E-state index contributed by atoms with van der Waals surface area (Å²) >= 11 is 6.12. The van der Waals surface area contributed by atoms with Crippen LogP contribution in [0.4, 0.5) is 0 Å². The molecule has 0 radical (unpaired) electrons. The van der Waals surface area contributed by atoms with E-state index >= 15 is 0 Å². The number of halogens is 1. The highest BCUT2D eigenvalue weighted by molar-refractivity contribution is 6.32. The number of rotatable bonds is 2. The molecule has 0 fully saturated rings. The summed E-state index contributed by atoms with van der Waals surface area (Å²) < 4.78 is 1.83. The van der Waals surface area contributed by atoms with Crippen molar-refractivity contribution in [2.45, 2.75) is 13.8 Å². The maximum atomic E-state index is 11.0. The van der Waals surface area contributed by atoms with Crippen molar-refractivity contribution in [1.29, 1.82) is 0 Å². The molecule has 0 N–H and O–H groups in total. The fourth-order valence-corrected chi connectivity index (χ4v) is 1.88. The highest BCUT2D eigenvalue weighted by Gasteiger charge is 2.11. The highest BCUT2D eigenvalue weighted by atomic mass is 35.5. The molecule has 0 aliphatic carbocycles. The Labute approximate surface area is 98.7 Å². The summed E-state index contributed by atoms with van der Waals surface area (Å²) in [7, 11) is 0. The van der Waals surface area contributed by atoms with E-state index < -0.39 is 0 Å². The Morgan fingerprint density at radius 1 is 1.38 bits per heavy atom. The number of nitrogens with zero attached hydrogens (tertiary/aromatic N) is 2. The zero-order valence-corrected chi connectivity index (χ0v) is 9.82. The van der Waals surface area contributed by atoms with Gasteiger partial charge in [0.05, 0.1) is 22.7 Å². The molecule has 0 saturated heterocycles. The van der Waals surface area contributed by atoms with Gasteiger partial charge in [-0.2, -0.15) is 0 Å². The molecule has 16 heavy (non-hydrogen) atoms. The molecule has 82 valence electrons. The normalized spacial score (nSPS) is 10.4. The molecule has 0 aliphatic heterocycles. The molecule has 3 nitrogen and oxygen atoms in total.